The predicted molar refractivity (Wildman–Crippen MR) is 106 cm³/mol. The van der Waals surface area contributed by atoms with Crippen molar-refractivity contribution in [2.45, 2.75) is 13.3 Å². The second kappa shape index (κ2) is 8.15. The van der Waals surface area contributed by atoms with Gasteiger partial charge in [0.25, 0.3) is 5.91 Å². The molecule has 1 amide bonds. The summed E-state index contributed by atoms with van der Waals surface area (Å²) in [5, 5.41) is 4.81. The molecule has 3 aromatic rings. The molecule has 0 aliphatic rings. The lowest BCUT2D eigenvalue weighted by atomic mass is 10.0. The van der Waals surface area contributed by atoms with Crippen LogP contribution >= 0.6 is 15.9 Å². The zero-order valence-corrected chi connectivity index (χ0v) is 15.9. The topological polar surface area (TPSA) is 55.4 Å². The van der Waals surface area contributed by atoms with Crippen LogP contribution in [0.2, 0.25) is 0 Å². The summed E-state index contributed by atoms with van der Waals surface area (Å²) in [4.78, 5) is 24.1. The number of hydrogen-bond acceptors (Lipinski definition) is 3. The van der Waals surface area contributed by atoms with Crippen molar-refractivity contribution in [3.05, 3.63) is 76.3 Å². The van der Waals surface area contributed by atoms with Crippen LogP contribution in [0.1, 0.15) is 11.1 Å². The van der Waals surface area contributed by atoms with Crippen molar-refractivity contribution in [3.63, 3.8) is 0 Å². The number of amides is 1. The maximum absolute atomic E-state index is 12.1. The summed E-state index contributed by atoms with van der Waals surface area (Å²) < 4.78 is 5.91. The highest BCUT2D eigenvalue weighted by molar-refractivity contribution is 9.10. The van der Waals surface area contributed by atoms with Crippen LogP contribution in [-0.2, 0) is 20.7 Å². The van der Waals surface area contributed by atoms with Gasteiger partial charge in [-0.05, 0) is 56.9 Å². The first-order valence-corrected chi connectivity index (χ1v) is 9.00. The van der Waals surface area contributed by atoms with Crippen LogP contribution in [0.15, 0.2) is 65.1 Å². The van der Waals surface area contributed by atoms with Crippen molar-refractivity contribution >= 4 is 44.3 Å². The van der Waals surface area contributed by atoms with E-state index in [4.69, 9.17) is 4.74 Å². The SMILES string of the molecule is Cc1ccc(NC(=O)COC(=O)Cc2cccc3ccccc23)c(Br)c1. The van der Waals surface area contributed by atoms with E-state index in [0.717, 1.165) is 26.4 Å². The molecule has 1 N–H and O–H groups in total. The summed E-state index contributed by atoms with van der Waals surface area (Å²) >= 11 is 3.40. The number of rotatable bonds is 5. The lowest BCUT2D eigenvalue weighted by Gasteiger charge is -2.09. The van der Waals surface area contributed by atoms with E-state index in [0.29, 0.717) is 5.69 Å². The standard InChI is InChI=1S/C21H18BrNO3/c1-14-9-10-19(18(22)11-14)23-20(24)13-26-21(25)12-16-7-4-6-15-5-2-3-8-17(15)16/h2-11H,12-13H2,1H3,(H,23,24). The van der Waals surface area contributed by atoms with Gasteiger partial charge >= 0.3 is 5.97 Å². The minimum atomic E-state index is -0.431. The summed E-state index contributed by atoms with van der Waals surface area (Å²) in [6.45, 7) is 1.65. The fourth-order valence-electron chi connectivity index (χ4n) is 2.71. The summed E-state index contributed by atoms with van der Waals surface area (Å²) in [7, 11) is 0. The molecule has 4 nitrogen and oxygen atoms in total. The van der Waals surface area contributed by atoms with Crippen molar-refractivity contribution < 1.29 is 14.3 Å². The molecule has 0 aromatic heterocycles. The first-order chi connectivity index (χ1) is 12.5. The van der Waals surface area contributed by atoms with Gasteiger partial charge < -0.3 is 10.1 Å². The molecule has 3 aromatic carbocycles. The second-order valence-electron chi connectivity index (χ2n) is 6.01. The Kier molecular flexibility index (Phi) is 5.68. The van der Waals surface area contributed by atoms with Crippen LogP contribution in [0.5, 0.6) is 0 Å². The van der Waals surface area contributed by atoms with Crippen LogP contribution in [0.3, 0.4) is 0 Å². The highest BCUT2D eigenvalue weighted by Crippen LogP contribution is 2.23. The molecule has 132 valence electrons. The van der Waals surface area contributed by atoms with E-state index in [1.165, 1.54) is 0 Å². The number of carbonyl (C=O) groups excluding carboxylic acids is 2. The number of ether oxygens (including phenoxy) is 1. The molecule has 5 heteroatoms. The van der Waals surface area contributed by atoms with Gasteiger partial charge in [0.2, 0.25) is 0 Å². The molecule has 26 heavy (non-hydrogen) atoms. The van der Waals surface area contributed by atoms with Crippen LogP contribution in [-0.4, -0.2) is 18.5 Å². The van der Waals surface area contributed by atoms with Gasteiger partial charge in [0.05, 0.1) is 12.1 Å². The molecule has 3 rings (SSSR count). The first kappa shape index (κ1) is 18.1. The Balaban J connectivity index is 1.57. The van der Waals surface area contributed by atoms with Crippen molar-refractivity contribution in [2.75, 3.05) is 11.9 Å². The quantitative estimate of drug-likeness (QED) is 0.622. The van der Waals surface area contributed by atoms with Gasteiger partial charge in [-0.1, -0.05) is 48.5 Å². The van der Waals surface area contributed by atoms with Crippen molar-refractivity contribution in [3.8, 4) is 0 Å². The van der Waals surface area contributed by atoms with Crippen LogP contribution < -0.4 is 5.32 Å². The highest BCUT2D eigenvalue weighted by Gasteiger charge is 2.11. The number of anilines is 1. The average molecular weight is 412 g/mol. The Bertz CT molecular complexity index is 963. The molecule has 0 spiro atoms. The highest BCUT2D eigenvalue weighted by atomic mass is 79.9. The van der Waals surface area contributed by atoms with Gasteiger partial charge in [0, 0.05) is 4.47 Å². The minimum Gasteiger partial charge on any atom is -0.455 e. The molecule has 0 heterocycles. The molecule has 0 radical (unpaired) electrons. The molecule has 0 saturated carbocycles. The van der Waals surface area contributed by atoms with Crippen molar-refractivity contribution in [1.29, 1.82) is 0 Å². The van der Waals surface area contributed by atoms with Crippen LogP contribution in [0.25, 0.3) is 10.8 Å². The molecule has 0 atom stereocenters. The first-order valence-electron chi connectivity index (χ1n) is 8.21. The monoisotopic (exact) mass is 411 g/mol. The zero-order valence-electron chi connectivity index (χ0n) is 14.3. The molecular weight excluding hydrogens is 394 g/mol. The van der Waals surface area contributed by atoms with Crippen molar-refractivity contribution in [2.24, 2.45) is 0 Å². The number of halogens is 1. The Morgan fingerprint density at radius 2 is 1.81 bits per heavy atom. The number of esters is 1. The minimum absolute atomic E-state index is 0.128. The molecule has 0 fully saturated rings. The van der Waals surface area contributed by atoms with E-state index in [-0.39, 0.29) is 18.9 Å². The van der Waals surface area contributed by atoms with Crippen LogP contribution in [0.4, 0.5) is 5.69 Å². The van der Waals surface area contributed by atoms with E-state index in [2.05, 4.69) is 21.2 Å². The Morgan fingerprint density at radius 3 is 2.62 bits per heavy atom. The predicted octanol–water partition coefficient (Wildman–Crippen LogP) is 4.64. The van der Waals surface area contributed by atoms with Gasteiger partial charge in [-0.3, -0.25) is 9.59 Å². The van der Waals surface area contributed by atoms with Gasteiger partial charge in [0.1, 0.15) is 0 Å². The summed E-state index contributed by atoms with van der Waals surface area (Å²) in [5.41, 5.74) is 2.61. The van der Waals surface area contributed by atoms with E-state index in [1.807, 2.05) is 61.5 Å². The number of fused-ring (bicyclic) bond motifs is 1. The number of nitrogens with one attached hydrogen (secondary N) is 1. The third-order valence-corrected chi connectivity index (χ3v) is 4.63. The fraction of sp³-hybridized carbons (Fsp3) is 0.143. The Hall–Kier alpha value is -2.66. The lowest BCUT2D eigenvalue weighted by molar-refractivity contribution is -0.146. The fourth-order valence-corrected chi connectivity index (χ4v) is 3.30. The van der Waals surface area contributed by atoms with E-state index >= 15 is 0 Å². The van der Waals surface area contributed by atoms with Gasteiger partial charge in [-0.25, -0.2) is 0 Å². The van der Waals surface area contributed by atoms with E-state index < -0.39 is 5.97 Å². The van der Waals surface area contributed by atoms with E-state index in [9.17, 15) is 9.59 Å². The Labute approximate surface area is 160 Å². The van der Waals surface area contributed by atoms with Gasteiger partial charge in [-0.2, -0.15) is 0 Å². The zero-order chi connectivity index (χ0) is 18.5. The number of hydrogen-bond donors (Lipinski definition) is 1. The normalized spacial score (nSPS) is 10.5. The summed E-state index contributed by atoms with van der Waals surface area (Å²) in [5.74, 6) is -0.805. The smallest absolute Gasteiger partial charge is 0.310 e. The molecular formula is C21H18BrNO3. The second-order valence-corrected chi connectivity index (χ2v) is 6.86. The van der Waals surface area contributed by atoms with Gasteiger partial charge in [0.15, 0.2) is 6.61 Å². The molecule has 0 saturated heterocycles. The summed E-state index contributed by atoms with van der Waals surface area (Å²) in [6, 6.07) is 19.3. The number of benzene rings is 3. The Morgan fingerprint density at radius 1 is 1.04 bits per heavy atom. The molecule has 0 bridgehead atoms. The number of aryl methyl sites for hydroxylation is 1. The maximum atomic E-state index is 12.1. The molecule has 0 aliphatic carbocycles. The largest absolute Gasteiger partial charge is 0.455 e. The van der Waals surface area contributed by atoms with Gasteiger partial charge in [-0.15, -0.1) is 0 Å². The lowest BCUT2D eigenvalue weighted by Crippen LogP contribution is -2.21. The molecule has 0 aliphatic heterocycles. The molecule has 0 unspecified atom stereocenters. The number of carbonyl (C=O) groups is 2. The summed E-state index contributed by atoms with van der Waals surface area (Å²) in [6.07, 6.45) is 0.128. The van der Waals surface area contributed by atoms with Crippen LogP contribution in [0, 0.1) is 6.92 Å². The maximum Gasteiger partial charge on any atom is 0.310 e. The average Bonchev–Trinajstić information content (AvgIpc) is 2.63. The third kappa shape index (κ3) is 4.49. The van der Waals surface area contributed by atoms with E-state index in [1.54, 1.807) is 6.07 Å². The third-order valence-electron chi connectivity index (χ3n) is 3.98. The van der Waals surface area contributed by atoms with Crippen molar-refractivity contribution in [1.82, 2.24) is 0 Å².